The van der Waals surface area contributed by atoms with E-state index < -0.39 is 0 Å². The Morgan fingerprint density at radius 2 is 2.05 bits per heavy atom. The molecule has 0 spiro atoms. The van der Waals surface area contributed by atoms with E-state index in [1.54, 1.807) is 18.6 Å². The van der Waals surface area contributed by atoms with Gasteiger partial charge in [-0.25, -0.2) is 5.43 Å². The lowest BCUT2D eigenvalue weighted by Gasteiger charge is -2.18. The molecule has 0 saturated heterocycles. The molecular formula is C14H15ClN6. The molecule has 0 amide bonds. The zero-order chi connectivity index (χ0) is 14.8. The molecule has 6 nitrogen and oxygen atoms in total. The maximum atomic E-state index is 6.26. The number of nitrogens with two attached hydrogens (primary N) is 1. The number of halogens is 1. The lowest BCUT2D eigenvalue weighted by atomic mass is 10.0. The second-order valence-corrected chi connectivity index (χ2v) is 5.00. The van der Waals surface area contributed by atoms with Crippen molar-refractivity contribution in [2.75, 3.05) is 0 Å². The summed E-state index contributed by atoms with van der Waals surface area (Å²) in [5.41, 5.74) is 6.26. The van der Waals surface area contributed by atoms with Crippen molar-refractivity contribution in [1.82, 2.24) is 25.2 Å². The van der Waals surface area contributed by atoms with Crippen LogP contribution in [0.15, 0.2) is 36.8 Å². The van der Waals surface area contributed by atoms with Crippen molar-refractivity contribution in [2.24, 2.45) is 5.84 Å². The van der Waals surface area contributed by atoms with E-state index in [1.807, 2.05) is 29.8 Å². The van der Waals surface area contributed by atoms with Crippen LogP contribution in [0.3, 0.4) is 0 Å². The van der Waals surface area contributed by atoms with Gasteiger partial charge < -0.3 is 0 Å². The van der Waals surface area contributed by atoms with Gasteiger partial charge in [0.2, 0.25) is 0 Å². The molecule has 0 fully saturated rings. The summed E-state index contributed by atoms with van der Waals surface area (Å²) in [5, 5.41) is 4.83. The molecule has 0 bridgehead atoms. The van der Waals surface area contributed by atoms with Crippen molar-refractivity contribution in [2.45, 2.75) is 19.5 Å². The van der Waals surface area contributed by atoms with Crippen LogP contribution in [-0.4, -0.2) is 19.7 Å². The number of rotatable bonds is 4. The highest BCUT2D eigenvalue weighted by Crippen LogP contribution is 2.28. The number of fused-ring (bicyclic) bond motifs is 1. The molecule has 0 aliphatic heterocycles. The molecule has 1 atom stereocenters. The maximum absolute atomic E-state index is 6.26. The third kappa shape index (κ3) is 2.49. The van der Waals surface area contributed by atoms with E-state index >= 15 is 0 Å². The third-order valence-electron chi connectivity index (χ3n) is 3.40. The summed E-state index contributed by atoms with van der Waals surface area (Å²) in [6.07, 6.45) is 4.97. The summed E-state index contributed by atoms with van der Waals surface area (Å²) >= 11 is 6.26. The van der Waals surface area contributed by atoms with E-state index in [4.69, 9.17) is 17.4 Å². The summed E-state index contributed by atoms with van der Waals surface area (Å²) < 4.78 is 1.83. The minimum absolute atomic E-state index is 0.258. The van der Waals surface area contributed by atoms with Gasteiger partial charge in [-0.1, -0.05) is 17.7 Å². The fraction of sp³-hybridized carbons (Fsp3) is 0.214. The van der Waals surface area contributed by atoms with Crippen LogP contribution >= 0.6 is 11.6 Å². The Labute approximate surface area is 126 Å². The average molecular weight is 303 g/mol. The third-order valence-corrected chi connectivity index (χ3v) is 3.69. The van der Waals surface area contributed by atoms with Crippen molar-refractivity contribution < 1.29 is 0 Å². The predicted molar refractivity (Wildman–Crippen MR) is 81.6 cm³/mol. The van der Waals surface area contributed by atoms with E-state index in [2.05, 4.69) is 20.5 Å². The second-order valence-electron chi connectivity index (χ2n) is 4.60. The zero-order valence-corrected chi connectivity index (χ0v) is 12.2. The van der Waals surface area contributed by atoms with Crippen LogP contribution < -0.4 is 11.3 Å². The molecule has 2 heterocycles. The highest BCUT2D eigenvalue weighted by molar-refractivity contribution is 6.31. The van der Waals surface area contributed by atoms with Gasteiger partial charge in [0.05, 0.1) is 34.0 Å². The maximum Gasteiger partial charge on any atom is 0.0894 e. The van der Waals surface area contributed by atoms with Crippen molar-refractivity contribution in [3.8, 4) is 0 Å². The van der Waals surface area contributed by atoms with Gasteiger partial charge in [0.25, 0.3) is 0 Å². The number of aryl methyl sites for hydroxylation is 1. The van der Waals surface area contributed by atoms with Crippen LogP contribution in [0.1, 0.15) is 24.2 Å². The van der Waals surface area contributed by atoms with Gasteiger partial charge >= 0.3 is 0 Å². The molecule has 0 radical (unpaired) electrons. The molecule has 1 unspecified atom stereocenters. The van der Waals surface area contributed by atoms with E-state index in [1.165, 1.54) is 0 Å². The Balaban J connectivity index is 2.11. The summed E-state index contributed by atoms with van der Waals surface area (Å²) in [5.74, 6) is 5.75. The highest BCUT2D eigenvalue weighted by Gasteiger charge is 2.21. The predicted octanol–water partition coefficient (Wildman–Crippen LogP) is 2.05. The van der Waals surface area contributed by atoms with Crippen LogP contribution in [0.25, 0.3) is 11.0 Å². The van der Waals surface area contributed by atoms with Crippen LogP contribution in [0.4, 0.5) is 0 Å². The second kappa shape index (κ2) is 5.77. The van der Waals surface area contributed by atoms with Crippen molar-refractivity contribution in [3.63, 3.8) is 0 Å². The van der Waals surface area contributed by atoms with E-state index in [9.17, 15) is 0 Å². The first-order chi connectivity index (χ1) is 10.2. The molecule has 3 aromatic rings. The molecule has 0 saturated carbocycles. The van der Waals surface area contributed by atoms with Crippen LogP contribution in [0.2, 0.25) is 5.02 Å². The van der Waals surface area contributed by atoms with Gasteiger partial charge in [0.1, 0.15) is 0 Å². The van der Waals surface area contributed by atoms with Crippen LogP contribution in [-0.2, 0) is 6.54 Å². The molecule has 0 aliphatic carbocycles. The SMILES string of the molecule is CCn1ncc(Cl)c1C(NN)c1ccc2nccnc2c1. The zero-order valence-electron chi connectivity index (χ0n) is 11.5. The Hall–Kier alpha value is -2.02. The van der Waals surface area contributed by atoms with Crippen molar-refractivity contribution in [3.05, 3.63) is 53.1 Å². The Bertz CT molecular complexity index is 769. The lowest BCUT2D eigenvalue weighted by Crippen LogP contribution is -2.31. The van der Waals surface area contributed by atoms with E-state index in [-0.39, 0.29) is 6.04 Å². The minimum atomic E-state index is -0.258. The van der Waals surface area contributed by atoms with Crippen LogP contribution in [0.5, 0.6) is 0 Å². The van der Waals surface area contributed by atoms with Gasteiger partial charge in [-0.15, -0.1) is 0 Å². The van der Waals surface area contributed by atoms with Gasteiger partial charge in [0, 0.05) is 18.9 Å². The summed E-state index contributed by atoms with van der Waals surface area (Å²) in [6, 6.07) is 5.58. The van der Waals surface area contributed by atoms with Gasteiger partial charge in [-0.2, -0.15) is 5.10 Å². The van der Waals surface area contributed by atoms with Gasteiger partial charge in [-0.05, 0) is 24.6 Å². The number of benzene rings is 1. The number of aromatic nitrogens is 4. The fourth-order valence-electron chi connectivity index (χ4n) is 2.40. The number of nitrogens with one attached hydrogen (secondary N) is 1. The number of nitrogens with zero attached hydrogens (tertiary/aromatic N) is 4. The first-order valence-corrected chi connectivity index (χ1v) is 7.00. The molecule has 3 N–H and O–H groups in total. The molecule has 0 aliphatic rings. The standard InChI is InChI=1S/C14H15ClN6/c1-2-21-14(10(15)8-19-21)13(20-16)9-3-4-11-12(7-9)18-6-5-17-11/h3-8,13,20H,2,16H2,1H3. The van der Waals surface area contributed by atoms with Crippen LogP contribution in [0, 0.1) is 0 Å². The number of hydrogen-bond acceptors (Lipinski definition) is 5. The number of hydrogen-bond donors (Lipinski definition) is 2. The Morgan fingerprint density at radius 1 is 1.29 bits per heavy atom. The largest absolute Gasteiger partial charge is 0.271 e. The smallest absolute Gasteiger partial charge is 0.0894 e. The van der Waals surface area contributed by atoms with Crippen molar-refractivity contribution in [1.29, 1.82) is 0 Å². The number of hydrazine groups is 1. The first-order valence-electron chi connectivity index (χ1n) is 6.62. The molecule has 7 heteroatoms. The fourth-order valence-corrected chi connectivity index (χ4v) is 2.65. The normalized spacial score (nSPS) is 12.7. The quantitative estimate of drug-likeness (QED) is 0.569. The molecule has 21 heavy (non-hydrogen) atoms. The molecule has 1 aromatic carbocycles. The molecule has 108 valence electrons. The first kappa shape index (κ1) is 13.9. The summed E-state index contributed by atoms with van der Waals surface area (Å²) in [4.78, 5) is 8.58. The summed E-state index contributed by atoms with van der Waals surface area (Å²) in [6.45, 7) is 2.72. The van der Waals surface area contributed by atoms with E-state index in [0.717, 1.165) is 22.3 Å². The summed E-state index contributed by atoms with van der Waals surface area (Å²) in [7, 11) is 0. The highest BCUT2D eigenvalue weighted by atomic mass is 35.5. The van der Waals surface area contributed by atoms with Gasteiger partial charge in [-0.3, -0.25) is 20.5 Å². The Morgan fingerprint density at radius 3 is 2.76 bits per heavy atom. The van der Waals surface area contributed by atoms with E-state index in [0.29, 0.717) is 11.6 Å². The molecular weight excluding hydrogens is 288 g/mol. The molecule has 3 rings (SSSR count). The lowest BCUT2D eigenvalue weighted by molar-refractivity contribution is 0.544. The van der Waals surface area contributed by atoms with Gasteiger partial charge in [0.15, 0.2) is 0 Å². The minimum Gasteiger partial charge on any atom is -0.271 e. The Kier molecular flexibility index (Phi) is 3.83. The average Bonchev–Trinajstić information content (AvgIpc) is 2.89. The monoisotopic (exact) mass is 302 g/mol. The topological polar surface area (TPSA) is 81.7 Å². The molecule has 2 aromatic heterocycles. The van der Waals surface area contributed by atoms with Crippen molar-refractivity contribution >= 4 is 22.6 Å².